The van der Waals surface area contributed by atoms with Crippen molar-refractivity contribution in [2.45, 2.75) is 16.3 Å². The lowest BCUT2D eigenvalue weighted by molar-refractivity contribution is 0.474. The van der Waals surface area contributed by atoms with Crippen LogP contribution in [0.25, 0.3) is 17.1 Å². The summed E-state index contributed by atoms with van der Waals surface area (Å²) < 4.78 is 14.9. The van der Waals surface area contributed by atoms with Crippen molar-refractivity contribution >= 4 is 11.8 Å². The van der Waals surface area contributed by atoms with Crippen LogP contribution in [0, 0.1) is 5.82 Å². The predicted molar refractivity (Wildman–Crippen MR) is 124 cm³/mol. The van der Waals surface area contributed by atoms with Gasteiger partial charge in [0, 0.05) is 17.5 Å². The summed E-state index contributed by atoms with van der Waals surface area (Å²) in [5, 5.41) is 19.8. The highest BCUT2D eigenvalue weighted by molar-refractivity contribution is 7.99. The molecule has 2 heterocycles. The van der Waals surface area contributed by atoms with Gasteiger partial charge in [0.1, 0.15) is 28.0 Å². The molecule has 0 saturated carbocycles. The molecular formula is C25H18FN3O3S. The van der Waals surface area contributed by atoms with Crippen LogP contribution in [0.2, 0.25) is 0 Å². The normalized spacial score (nSPS) is 11.2. The molecule has 3 aromatic carbocycles. The lowest BCUT2D eigenvalue weighted by Crippen LogP contribution is -2.16. The average molecular weight is 460 g/mol. The van der Waals surface area contributed by atoms with Crippen molar-refractivity contribution in [2.75, 3.05) is 0 Å². The number of hydrogen-bond acceptors (Lipinski definition) is 5. The number of aromatic hydroxyl groups is 2. The molecule has 33 heavy (non-hydrogen) atoms. The third kappa shape index (κ3) is 4.33. The van der Waals surface area contributed by atoms with Crippen LogP contribution >= 0.6 is 11.8 Å². The molecule has 0 atom stereocenters. The number of benzene rings is 3. The van der Waals surface area contributed by atoms with E-state index >= 15 is 0 Å². The quantitative estimate of drug-likeness (QED) is 0.346. The highest BCUT2D eigenvalue weighted by Gasteiger charge is 2.21. The fourth-order valence-corrected chi connectivity index (χ4v) is 4.39. The molecule has 0 bridgehead atoms. The molecule has 0 aromatic heterocycles. The van der Waals surface area contributed by atoms with E-state index in [1.54, 1.807) is 66.9 Å². The predicted octanol–water partition coefficient (Wildman–Crippen LogP) is 4.96. The summed E-state index contributed by atoms with van der Waals surface area (Å²) in [6, 6.07) is 19.4. The molecule has 2 aliphatic heterocycles. The van der Waals surface area contributed by atoms with Crippen LogP contribution in [0.5, 0.6) is 11.5 Å². The van der Waals surface area contributed by atoms with Crippen LogP contribution in [0.1, 0.15) is 11.3 Å². The number of fused-ring (bicyclic) bond motifs is 1. The summed E-state index contributed by atoms with van der Waals surface area (Å²) in [4.78, 5) is 22.0. The molecular weight excluding hydrogens is 441 g/mol. The third-order valence-corrected chi connectivity index (χ3v) is 6.16. The van der Waals surface area contributed by atoms with Gasteiger partial charge in [-0.05, 0) is 71.8 Å². The molecule has 2 aliphatic rings. The van der Waals surface area contributed by atoms with Crippen LogP contribution in [0.3, 0.4) is 0 Å². The van der Waals surface area contributed by atoms with Crippen molar-refractivity contribution in [2.24, 2.45) is 0 Å². The van der Waals surface area contributed by atoms with Crippen molar-refractivity contribution in [1.82, 2.24) is 14.5 Å². The third-order valence-electron chi connectivity index (χ3n) is 5.16. The van der Waals surface area contributed by atoms with Gasteiger partial charge in [-0.3, -0.25) is 9.36 Å². The maximum absolute atomic E-state index is 13.4. The zero-order valence-electron chi connectivity index (χ0n) is 17.2. The molecule has 6 nitrogen and oxygen atoms in total. The van der Waals surface area contributed by atoms with Gasteiger partial charge < -0.3 is 15.2 Å². The Bertz CT molecular complexity index is 1440. The second kappa shape index (κ2) is 8.48. The second-order valence-electron chi connectivity index (χ2n) is 7.50. The molecule has 0 fully saturated rings. The number of aromatic nitrogens is 3. The Hall–Kier alpha value is -4.04. The first kappa shape index (κ1) is 20.8. The summed E-state index contributed by atoms with van der Waals surface area (Å²) in [5.74, 6) is 0.432. The monoisotopic (exact) mass is 459 g/mol. The van der Waals surface area contributed by atoms with Crippen molar-refractivity contribution in [3.8, 4) is 28.6 Å². The summed E-state index contributed by atoms with van der Waals surface area (Å²) in [7, 11) is 0. The SMILES string of the molecule is O=c1c(Cc2ccc(O)cc2)nc2c(Sc3ccc(F)cc3)[nH]c(-c3ccc(O)cc3)cn1-2. The molecule has 0 unspecified atom stereocenters. The summed E-state index contributed by atoms with van der Waals surface area (Å²) >= 11 is 1.34. The number of imidazole rings is 1. The van der Waals surface area contributed by atoms with Crippen LogP contribution in [-0.2, 0) is 6.42 Å². The minimum Gasteiger partial charge on any atom is -0.508 e. The van der Waals surface area contributed by atoms with Gasteiger partial charge >= 0.3 is 0 Å². The van der Waals surface area contributed by atoms with Crippen LogP contribution in [-0.4, -0.2) is 24.7 Å². The van der Waals surface area contributed by atoms with E-state index in [1.165, 1.54) is 28.5 Å². The number of nitrogens with one attached hydrogen (secondary N) is 1. The van der Waals surface area contributed by atoms with Crippen molar-refractivity contribution in [3.63, 3.8) is 0 Å². The van der Waals surface area contributed by atoms with Crippen LogP contribution < -0.4 is 5.56 Å². The highest BCUT2D eigenvalue weighted by Crippen LogP contribution is 2.33. The number of hydrogen-bond donors (Lipinski definition) is 3. The number of phenols is 2. The maximum atomic E-state index is 13.4. The van der Waals surface area contributed by atoms with E-state index in [9.17, 15) is 19.4 Å². The smallest absolute Gasteiger partial charge is 0.278 e. The Balaban J connectivity index is 1.63. The zero-order valence-corrected chi connectivity index (χ0v) is 18.0. The van der Waals surface area contributed by atoms with Crippen LogP contribution in [0.4, 0.5) is 4.39 Å². The van der Waals surface area contributed by atoms with E-state index in [4.69, 9.17) is 0 Å². The first-order valence-corrected chi connectivity index (χ1v) is 10.9. The minimum absolute atomic E-state index is 0.143. The van der Waals surface area contributed by atoms with E-state index in [0.717, 1.165) is 16.0 Å². The fourth-order valence-electron chi connectivity index (χ4n) is 3.49. The Morgan fingerprint density at radius 3 is 2.21 bits per heavy atom. The number of H-pyrrole nitrogens is 1. The Morgan fingerprint density at radius 2 is 1.55 bits per heavy atom. The number of phenolic OH excluding ortho intramolecular Hbond substituents is 2. The van der Waals surface area contributed by atoms with Crippen molar-refractivity contribution in [1.29, 1.82) is 0 Å². The minimum atomic E-state index is -0.329. The molecule has 0 amide bonds. The maximum Gasteiger partial charge on any atom is 0.278 e. The zero-order chi connectivity index (χ0) is 22.9. The molecule has 5 rings (SSSR count). The number of rotatable bonds is 5. The molecule has 0 saturated heterocycles. The van der Waals surface area contributed by atoms with Crippen molar-refractivity contribution < 1.29 is 14.6 Å². The number of nitrogens with zero attached hydrogens (tertiary/aromatic N) is 2. The van der Waals surface area contributed by atoms with Gasteiger partial charge in [0.25, 0.3) is 5.56 Å². The average Bonchev–Trinajstić information content (AvgIpc) is 3.13. The van der Waals surface area contributed by atoms with Gasteiger partial charge in [-0.1, -0.05) is 23.9 Å². The molecule has 3 aromatic rings. The van der Waals surface area contributed by atoms with Gasteiger partial charge in [-0.15, -0.1) is 0 Å². The second-order valence-corrected chi connectivity index (χ2v) is 8.58. The molecule has 0 aliphatic carbocycles. The summed E-state index contributed by atoms with van der Waals surface area (Å²) in [6.45, 7) is 0. The lowest BCUT2D eigenvalue weighted by atomic mass is 10.1. The number of halogens is 1. The van der Waals surface area contributed by atoms with E-state index in [0.29, 0.717) is 28.7 Å². The van der Waals surface area contributed by atoms with Gasteiger partial charge in [0.05, 0.1) is 5.69 Å². The van der Waals surface area contributed by atoms with E-state index in [1.807, 2.05) is 0 Å². The topological polar surface area (TPSA) is 91.1 Å². The van der Waals surface area contributed by atoms with Gasteiger partial charge in [0.2, 0.25) is 0 Å². The first-order valence-electron chi connectivity index (χ1n) is 10.1. The largest absolute Gasteiger partial charge is 0.508 e. The van der Waals surface area contributed by atoms with Crippen LogP contribution in [0.15, 0.2) is 93.7 Å². The molecule has 164 valence electrons. The molecule has 0 radical (unpaired) electrons. The van der Waals surface area contributed by atoms with Gasteiger partial charge in [-0.2, -0.15) is 0 Å². The summed E-state index contributed by atoms with van der Waals surface area (Å²) in [6.07, 6.45) is 2.00. The Morgan fingerprint density at radius 1 is 0.909 bits per heavy atom. The van der Waals surface area contributed by atoms with E-state index in [-0.39, 0.29) is 22.9 Å². The summed E-state index contributed by atoms with van der Waals surface area (Å²) in [5.41, 5.74) is 2.43. The van der Waals surface area contributed by atoms with Crippen molar-refractivity contribution in [3.05, 3.63) is 106 Å². The Kier molecular flexibility index (Phi) is 5.35. The number of aromatic amines is 1. The first-order chi connectivity index (χ1) is 16.0. The fraction of sp³-hybridized carbons (Fsp3) is 0.0400. The van der Waals surface area contributed by atoms with Gasteiger partial charge in [0.15, 0.2) is 5.82 Å². The lowest BCUT2D eigenvalue weighted by Gasteiger charge is -2.13. The molecule has 0 spiro atoms. The van der Waals surface area contributed by atoms with E-state index in [2.05, 4.69) is 9.97 Å². The molecule has 3 N–H and O–H groups in total. The van der Waals surface area contributed by atoms with E-state index < -0.39 is 0 Å². The molecule has 8 heteroatoms. The highest BCUT2D eigenvalue weighted by atomic mass is 32.2. The Labute approximate surface area is 192 Å². The standard InChI is InChI=1S/C25H18FN3O3S/c26-17-5-11-20(12-6-17)33-24-23-27-21(13-15-1-7-18(30)8-2-15)25(32)29(23)14-22(28-24)16-3-9-19(31)10-4-16/h1-12,14,28,30-31H,13H2. The van der Waals surface area contributed by atoms with Gasteiger partial charge in [-0.25, -0.2) is 9.37 Å².